The van der Waals surface area contributed by atoms with E-state index in [4.69, 9.17) is 5.21 Å². The number of amides is 1. The number of carbonyl (C=O) groups excluding carboxylic acids is 1. The number of aromatic nitrogens is 2. The van der Waals surface area contributed by atoms with Gasteiger partial charge in [-0.15, -0.1) is 0 Å². The molecule has 2 aromatic heterocycles. The topological polar surface area (TPSA) is 70.2 Å². The summed E-state index contributed by atoms with van der Waals surface area (Å²) in [6, 6.07) is 5.71. The van der Waals surface area contributed by atoms with E-state index in [1.54, 1.807) is 6.20 Å². The fraction of sp³-hybridized carbons (Fsp3) is 0.609. The van der Waals surface area contributed by atoms with Gasteiger partial charge in [0.1, 0.15) is 11.3 Å². The van der Waals surface area contributed by atoms with Crippen molar-refractivity contribution < 1.29 is 10.0 Å². The van der Waals surface area contributed by atoms with Gasteiger partial charge in [0.25, 0.3) is 5.91 Å². The van der Waals surface area contributed by atoms with Crippen molar-refractivity contribution in [1.82, 2.24) is 14.3 Å². The molecule has 4 bridgehead atoms. The van der Waals surface area contributed by atoms with Crippen LogP contribution in [-0.4, -0.2) is 44.2 Å². The van der Waals surface area contributed by atoms with Crippen molar-refractivity contribution in [3.63, 3.8) is 0 Å². The summed E-state index contributed by atoms with van der Waals surface area (Å²) in [4.78, 5) is 20.0. The molecule has 1 amide bonds. The van der Waals surface area contributed by atoms with Gasteiger partial charge in [0.2, 0.25) is 0 Å². The van der Waals surface area contributed by atoms with Crippen molar-refractivity contribution in [3.05, 3.63) is 36.3 Å². The summed E-state index contributed by atoms with van der Waals surface area (Å²) in [6.45, 7) is 3.21. The molecular weight excluding hydrogens is 364 g/mol. The van der Waals surface area contributed by atoms with E-state index in [2.05, 4.69) is 10.1 Å². The molecule has 0 saturated heterocycles. The van der Waals surface area contributed by atoms with Crippen LogP contribution >= 0.6 is 0 Å². The summed E-state index contributed by atoms with van der Waals surface area (Å²) in [6.07, 6.45) is 12.2. The van der Waals surface area contributed by atoms with Crippen molar-refractivity contribution >= 4 is 17.3 Å². The molecule has 2 aromatic rings. The molecule has 2 heterocycles. The summed E-state index contributed by atoms with van der Waals surface area (Å²) in [5.41, 5.74) is 2.38. The molecule has 29 heavy (non-hydrogen) atoms. The Kier molecular flexibility index (Phi) is 4.60. The first-order valence-corrected chi connectivity index (χ1v) is 10.9. The number of carbonyl (C=O) groups is 1. The average molecular weight is 395 g/mol. The predicted octanol–water partition coefficient (Wildman–Crippen LogP) is 4.23. The first-order chi connectivity index (χ1) is 14.0. The van der Waals surface area contributed by atoms with E-state index < -0.39 is 0 Å². The van der Waals surface area contributed by atoms with Crippen LogP contribution < -0.4 is 0 Å². The molecule has 0 aromatic carbocycles. The minimum atomic E-state index is 0.0510. The largest absolute Gasteiger partial charge is 0.411 e. The summed E-state index contributed by atoms with van der Waals surface area (Å²) in [5, 5.41) is 12.4. The fourth-order valence-corrected chi connectivity index (χ4v) is 6.77. The van der Waals surface area contributed by atoms with Crippen molar-refractivity contribution in [2.45, 2.75) is 51.9 Å². The van der Waals surface area contributed by atoms with Crippen LogP contribution in [0.4, 0.5) is 0 Å². The number of fused-ring (bicyclic) bond motifs is 1. The smallest absolute Gasteiger partial charge is 0.270 e. The van der Waals surface area contributed by atoms with Crippen LogP contribution in [0, 0.1) is 23.2 Å². The van der Waals surface area contributed by atoms with Crippen LogP contribution in [0.2, 0.25) is 0 Å². The Morgan fingerprint density at radius 3 is 2.59 bits per heavy atom. The molecule has 4 aliphatic carbocycles. The number of hydrogen-bond donors (Lipinski definition) is 1. The maximum Gasteiger partial charge on any atom is 0.270 e. The Labute approximate surface area is 171 Å². The van der Waals surface area contributed by atoms with Crippen molar-refractivity contribution in [3.8, 4) is 0 Å². The van der Waals surface area contributed by atoms with Gasteiger partial charge in [-0.1, -0.05) is 11.2 Å². The van der Waals surface area contributed by atoms with Gasteiger partial charge in [-0.2, -0.15) is 0 Å². The number of nitrogens with zero attached hydrogens (tertiary/aromatic N) is 4. The minimum absolute atomic E-state index is 0.0510. The molecule has 6 heteroatoms. The quantitative estimate of drug-likeness (QED) is 0.453. The van der Waals surface area contributed by atoms with Crippen LogP contribution in [0.15, 0.2) is 35.7 Å². The van der Waals surface area contributed by atoms with Crippen LogP contribution in [0.3, 0.4) is 0 Å². The van der Waals surface area contributed by atoms with Gasteiger partial charge in [0.15, 0.2) is 0 Å². The maximum atomic E-state index is 13.7. The molecule has 1 N–H and O–H groups in total. The van der Waals surface area contributed by atoms with E-state index in [9.17, 15) is 4.79 Å². The summed E-state index contributed by atoms with van der Waals surface area (Å²) < 4.78 is 1.88. The highest BCUT2D eigenvalue weighted by atomic mass is 16.4. The van der Waals surface area contributed by atoms with Crippen molar-refractivity contribution in [1.29, 1.82) is 0 Å². The molecule has 4 fully saturated rings. The fourth-order valence-electron chi connectivity index (χ4n) is 6.77. The Morgan fingerprint density at radius 2 is 1.93 bits per heavy atom. The lowest BCUT2D eigenvalue weighted by Gasteiger charge is -2.57. The molecule has 0 radical (unpaired) electrons. The van der Waals surface area contributed by atoms with E-state index in [0.29, 0.717) is 24.4 Å². The van der Waals surface area contributed by atoms with Gasteiger partial charge in [-0.25, -0.2) is 4.98 Å². The molecule has 6 rings (SSSR count). The van der Waals surface area contributed by atoms with E-state index in [0.717, 1.165) is 29.9 Å². The van der Waals surface area contributed by atoms with Crippen LogP contribution in [0.5, 0.6) is 0 Å². The number of oxime groups is 1. The lowest BCUT2D eigenvalue weighted by Crippen LogP contribution is -2.52. The third-order valence-electron chi connectivity index (χ3n) is 7.54. The van der Waals surface area contributed by atoms with Gasteiger partial charge in [-0.3, -0.25) is 9.20 Å². The van der Waals surface area contributed by atoms with Crippen molar-refractivity contribution in [2.75, 3.05) is 13.1 Å². The third kappa shape index (κ3) is 3.43. The number of rotatable bonds is 6. The molecular formula is C23H30N4O2. The predicted molar refractivity (Wildman–Crippen MR) is 111 cm³/mol. The highest BCUT2D eigenvalue weighted by Crippen LogP contribution is 2.60. The van der Waals surface area contributed by atoms with Gasteiger partial charge < -0.3 is 10.1 Å². The SMILES string of the molecule is C/C(CCN(CC12CC3CC(CC(C3)C1)C2)C(=O)c1cccc2nccn12)=N\O. The molecule has 6 nitrogen and oxygen atoms in total. The van der Waals surface area contributed by atoms with E-state index >= 15 is 0 Å². The zero-order valence-electron chi connectivity index (χ0n) is 17.1. The summed E-state index contributed by atoms with van der Waals surface area (Å²) in [7, 11) is 0. The standard InChI is InChI=1S/C23H30N4O2/c1-16(25-29)5-7-26(22(28)20-3-2-4-21-24-6-8-27(20)21)15-23-12-17-9-18(13-23)11-19(10-17)14-23/h2-4,6,8,17-19,29H,5,7,9-15H2,1H3/b25-16+. The first kappa shape index (κ1) is 18.6. The van der Waals surface area contributed by atoms with Crippen LogP contribution in [0.25, 0.3) is 5.65 Å². The van der Waals surface area contributed by atoms with E-state index in [1.165, 1.54) is 38.5 Å². The highest BCUT2D eigenvalue weighted by Gasteiger charge is 2.51. The molecule has 4 aliphatic rings. The molecule has 0 spiro atoms. The zero-order valence-corrected chi connectivity index (χ0v) is 17.1. The lowest BCUT2D eigenvalue weighted by molar-refractivity contribution is -0.0651. The Hall–Kier alpha value is -2.37. The number of pyridine rings is 1. The van der Waals surface area contributed by atoms with Gasteiger partial charge in [-0.05, 0) is 80.8 Å². The zero-order chi connectivity index (χ0) is 20.0. The molecule has 0 unspecified atom stereocenters. The van der Waals surface area contributed by atoms with Gasteiger partial charge in [0.05, 0.1) is 5.71 Å². The van der Waals surface area contributed by atoms with E-state index in [-0.39, 0.29) is 11.3 Å². The molecule has 4 saturated carbocycles. The third-order valence-corrected chi connectivity index (χ3v) is 7.54. The minimum Gasteiger partial charge on any atom is -0.411 e. The average Bonchev–Trinajstić information content (AvgIpc) is 3.18. The first-order valence-electron chi connectivity index (χ1n) is 10.9. The van der Waals surface area contributed by atoms with Crippen molar-refractivity contribution in [2.24, 2.45) is 28.3 Å². The Bertz CT molecular complexity index is 912. The van der Waals surface area contributed by atoms with Crippen LogP contribution in [0.1, 0.15) is 62.4 Å². The normalized spacial score (nSPS) is 30.8. The molecule has 0 atom stereocenters. The number of imidazole rings is 1. The second-order valence-corrected chi connectivity index (χ2v) is 9.80. The van der Waals surface area contributed by atoms with E-state index in [1.807, 2.05) is 40.6 Å². The Morgan fingerprint density at radius 1 is 1.24 bits per heavy atom. The highest BCUT2D eigenvalue weighted by molar-refractivity contribution is 5.93. The number of hydrogen-bond acceptors (Lipinski definition) is 4. The molecule has 0 aliphatic heterocycles. The van der Waals surface area contributed by atoms with Gasteiger partial charge in [0, 0.05) is 31.9 Å². The van der Waals surface area contributed by atoms with Crippen LogP contribution in [-0.2, 0) is 0 Å². The summed E-state index contributed by atoms with van der Waals surface area (Å²) in [5.74, 6) is 2.62. The lowest BCUT2D eigenvalue weighted by atomic mass is 9.49. The maximum absolute atomic E-state index is 13.7. The second kappa shape index (κ2) is 7.15. The second-order valence-electron chi connectivity index (χ2n) is 9.80. The Balaban J connectivity index is 1.43. The van der Waals surface area contributed by atoms with Gasteiger partial charge >= 0.3 is 0 Å². The monoisotopic (exact) mass is 394 g/mol. The molecule has 154 valence electrons. The summed E-state index contributed by atoms with van der Waals surface area (Å²) >= 11 is 0.